The molecule has 172 valence electrons. The van der Waals surface area contributed by atoms with Crippen molar-refractivity contribution >= 4 is 18.2 Å². The lowest BCUT2D eigenvalue weighted by Crippen LogP contribution is -2.12. The molecule has 2 aromatic carbocycles. The molecule has 0 saturated heterocycles. The van der Waals surface area contributed by atoms with Crippen molar-refractivity contribution in [3.8, 4) is 17.1 Å². The molecular weight excluding hydrogens is 415 g/mol. The molecule has 0 aliphatic carbocycles. The number of phenols is 1. The van der Waals surface area contributed by atoms with Crippen LogP contribution in [0.25, 0.3) is 22.3 Å². The summed E-state index contributed by atoms with van der Waals surface area (Å²) < 4.78 is 0. The molecule has 3 aromatic rings. The molecule has 0 fully saturated rings. The van der Waals surface area contributed by atoms with Crippen LogP contribution in [-0.2, 0) is 6.16 Å². The maximum absolute atomic E-state index is 12.6. The van der Waals surface area contributed by atoms with E-state index in [1.165, 1.54) is 62.6 Å². The van der Waals surface area contributed by atoms with Crippen LogP contribution in [0.3, 0.4) is 0 Å². The van der Waals surface area contributed by atoms with Gasteiger partial charge in [0.05, 0.1) is 41.1 Å². The van der Waals surface area contributed by atoms with Gasteiger partial charge in [-0.05, 0) is 49.1 Å². The third-order valence-electron chi connectivity index (χ3n) is 6.40. The number of aromatic amines is 1. The van der Waals surface area contributed by atoms with Crippen LogP contribution in [0.1, 0.15) is 64.9 Å². The maximum atomic E-state index is 12.6. The van der Waals surface area contributed by atoms with E-state index < -0.39 is 7.26 Å². The van der Waals surface area contributed by atoms with Gasteiger partial charge in [0.1, 0.15) is 11.6 Å². The Bertz CT molecular complexity index is 1050. The Labute approximate surface area is 192 Å². The second-order valence-electron chi connectivity index (χ2n) is 9.01. The summed E-state index contributed by atoms with van der Waals surface area (Å²) in [6, 6.07) is 13.2. The average Bonchev–Trinajstić information content (AvgIpc) is 2.81. The third kappa shape index (κ3) is 5.98. The molecule has 3 rings (SSSR count). The average molecular weight is 454 g/mol. The molecule has 0 bridgehead atoms. The molecule has 0 aliphatic rings. The number of hydrogen-bond donors (Lipinski definition) is 2. The maximum Gasteiger partial charge on any atom is 0.259 e. The third-order valence-corrected chi connectivity index (χ3v) is 11.2. The number of unbranched alkanes of at least 4 members (excludes halogenated alkanes) is 3. The first-order valence-corrected chi connectivity index (χ1v) is 14.7. The summed E-state index contributed by atoms with van der Waals surface area (Å²) in [6.07, 6.45) is 12.8. The number of rotatable bonds is 12. The van der Waals surface area contributed by atoms with E-state index in [0.717, 1.165) is 6.16 Å². The van der Waals surface area contributed by atoms with Crippen molar-refractivity contribution in [3.05, 3.63) is 58.4 Å². The summed E-state index contributed by atoms with van der Waals surface area (Å²) in [7, 11) is -1.12. The molecule has 0 spiro atoms. The van der Waals surface area contributed by atoms with Gasteiger partial charge in [-0.15, -0.1) is 0 Å². The number of nitrogens with one attached hydrogen (secondary N) is 1. The van der Waals surface area contributed by atoms with Crippen molar-refractivity contribution in [2.24, 2.45) is 0 Å². The number of aromatic nitrogens is 2. The summed E-state index contributed by atoms with van der Waals surface area (Å²) >= 11 is 0. The molecule has 5 heteroatoms. The molecule has 4 nitrogen and oxygen atoms in total. The van der Waals surface area contributed by atoms with Crippen LogP contribution < -0.4 is 5.56 Å². The molecule has 32 heavy (non-hydrogen) atoms. The Hall–Kier alpha value is -2.19. The van der Waals surface area contributed by atoms with Crippen molar-refractivity contribution < 1.29 is 5.11 Å². The van der Waals surface area contributed by atoms with Gasteiger partial charge in [-0.1, -0.05) is 58.2 Å². The zero-order valence-corrected chi connectivity index (χ0v) is 20.8. The number of nitrogens with zero attached hydrogens (tertiary/aromatic N) is 1. The predicted octanol–water partition coefficient (Wildman–Crippen LogP) is 7.21. The second kappa shape index (κ2) is 11.6. The van der Waals surface area contributed by atoms with E-state index >= 15 is 0 Å². The van der Waals surface area contributed by atoms with E-state index in [1.807, 2.05) is 18.2 Å². The molecule has 0 aliphatic heterocycles. The van der Waals surface area contributed by atoms with Gasteiger partial charge in [0, 0.05) is 7.26 Å². The van der Waals surface area contributed by atoms with E-state index in [-0.39, 0.29) is 11.3 Å². The lowest BCUT2D eigenvalue weighted by atomic mass is 10.1. The SMILES string of the molecule is CCCC[P+](CCCC)(CCCC)Cc1ccc(O)c(-c2nc3ccccc3c(=O)[nH]2)c1. The molecule has 1 aromatic heterocycles. The van der Waals surface area contributed by atoms with Gasteiger partial charge in [0.2, 0.25) is 0 Å². The van der Waals surface area contributed by atoms with Gasteiger partial charge in [0.25, 0.3) is 5.56 Å². The Balaban J connectivity index is 1.99. The highest BCUT2D eigenvalue weighted by molar-refractivity contribution is 7.75. The van der Waals surface area contributed by atoms with Gasteiger partial charge in [-0.3, -0.25) is 4.79 Å². The van der Waals surface area contributed by atoms with Crippen molar-refractivity contribution in [1.29, 1.82) is 0 Å². The summed E-state index contributed by atoms with van der Waals surface area (Å²) in [5, 5.41) is 11.2. The fourth-order valence-corrected chi connectivity index (χ4v) is 9.60. The topological polar surface area (TPSA) is 66.0 Å². The van der Waals surface area contributed by atoms with E-state index in [2.05, 4.69) is 42.9 Å². The summed E-state index contributed by atoms with van der Waals surface area (Å²) in [5.74, 6) is 0.597. The Morgan fingerprint density at radius 3 is 2.16 bits per heavy atom. The van der Waals surface area contributed by atoms with Gasteiger partial charge >= 0.3 is 0 Å². The quantitative estimate of drug-likeness (QED) is 0.285. The van der Waals surface area contributed by atoms with Crippen LogP contribution in [0.15, 0.2) is 47.3 Å². The first-order valence-electron chi connectivity index (χ1n) is 12.2. The second-order valence-corrected chi connectivity index (χ2v) is 13.4. The van der Waals surface area contributed by atoms with Crippen molar-refractivity contribution in [3.63, 3.8) is 0 Å². The minimum Gasteiger partial charge on any atom is -0.507 e. The fraction of sp³-hybridized carbons (Fsp3) is 0.481. The number of para-hydroxylation sites is 1. The van der Waals surface area contributed by atoms with E-state index in [9.17, 15) is 9.90 Å². The van der Waals surface area contributed by atoms with Gasteiger partial charge in [0.15, 0.2) is 0 Å². The predicted molar refractivity (Wildman–Crippen MR) is 139 cm³/mol. The smallest absolute Gasteiger partial charge is 0.259 e. The van der Waals surface area contributed by atoms with Crippen LogP contribution in [0.2, 0.25) is 0 Å². The molecule has 0 unspecified atom stereocenters. The fourth-order valence-electron chi connectivity index (χ4n) is 4.53. The van der Waals surface area contributed by atoms with Crippen LogP contribution >= 0.6 is 7.26 Å². The normalized spacial score (nSPS) is 11.8. The minimum absolute atomic E-state index is 0.159. The first-order chi connectivity index (χ1) is 15.5. The molecule has 0 saturated carbocycles. The Morgan fingerprint density at radius 1 is 0.906 bits per heavy atom. The largest absolute Gasteiger partial charge is 0.507 e. The highest BCUT2D eigenvalue weighted by Crippen LogP contribution is 2.63. The molecule has 0 radical (unpaired) electrons. The number of fused-ring (bicyclic) bond motifs is 1. The van der Waals surface area contributed by atoms with Crippen LogP contribution in [0.4, 0.5) is 0 Å². The summed E-state index contributed by atoms with van der Waals surface area (Å²) in [5.41, 5.74) is 2.34. The van der Waals surface area contributed by atoms with E-state index in [4.69, 9.17) is 0 Å². The number of aromatic hydroxyl groups is 1. The molecule has 1 heterocycles. The van der Waals surface area contributed by atoms with Crippen molar-refractivity contribution in [2.45, 2.75) is 65.5 Å². The van der Waals surface area contributed by atoms with Gasteiger partial charge < -0.3 is 10.1 Å². The highest BCUT2D eigenvalue weighted by Gasteiger charge is 2.35. The number of H-pyrrole nitrogens is 1. The lowest BCUT2D eigenvalue weighted by Gasteiger charge is -2.28. The minimum atomic E-state index is -1.12. The standard InChI is InChI=1S/C27H37N2O2P/c1-4-7-16-32(17-8-5-2,18-9-6-3)20-21-14-15-25(30)23(19-21)26-28-24-13-11-10-12-22(24)27(31)29-26/h10-15,19H,4-9,16-18,20H2,1-3H3,(H-,28,29,30,31)/p+1. The molecular formula is C27H38N2O2P+. The number of phenolic OH excluding ortho intramolecular Hbond substituents is 1. The zero-order valence-electron chi connectivity index (χ0n) is 19.9. The van der Waals surface area contributed by atoms with Crippen LogP contribution in [0, 0.1) is 0 Å². The lowest BCUT2D eigenvalue weighted by molar-refractivity contribution is 0.476. The molecule has 0 amide bonds. The van der Waals surface area contributed by atoms with Crippen molar-refractivity contribution in [1.82, 2.24) is 9.97 Å². The number of hydrogen-bond acceptors (Lipinski definition) is 3. The Kier molecular flexibility index (Phi) is 8.87. The van der Waals surface area contributed by atoms with Crippen molar-refractivity contribution in [2.75, 3.05) is 18.5 Å². The summed E-state index contributed by atoms with van der Waals surface area (Å²) in [4.78, 5) is 20.1. The molecule has 0 atom stereocenters. The van der Waals surface area contributed by atoms with E-state index in [0.29, 0.717) is 22.3 Å². The van der Waals surface area contributed by atoms with E-state index in [1.54, 1.807) is 12.1 Å². The molecule has 2 N–H and O–H groups in total. The Morgan fingerprint density at radius 2 is 1.53 bits per heavy atom. The van der Waals surface area contributed by atoms with Crippen LogP contribution in [-0.4, -0.2) is 33.6 Å². The van der Waals surface area contributed by atoms with Crippen LogP contribution in [0.5, 0.6) is 5.75 Å². The highest BCUT2D eigenvalue weighted by atomic mass is 31.2. The number of benzene rings is 2. The monoisotopic (exact) mass is 453 g/mol. The van der Waals surface area contributed by atoms with Gasteiger partial charge in [-0.2, -0.15) is 0 Å². The first kappa shape index (κ1) is 24.5. The van der Waals surface area contributed by atoms with Gasteiger partial charge in [-0.25, -0.2) is 4.98 Å². The summed E-state index contributed by atoms with van der Waals surface area (Å²) in [6.45, 7) is 6.86. The zero-order chi connectivity index (χ0) is 23.0.